The van der Waals surface area contributed by atoms with Crippen molar-refractivity contribution < 1.29 is 4.79 Å². The summed E-state index contributed by atoms with van der Waals surface area (Å²) < 4.78 is 2.98. The number of aromatic nitrogens is 4. The van der Waals surface area contributed by atoms with Gasteiger partial charge in [0.25, 0.3) is 5.56 Å². The quantitative estimate of drug-likeness (QED) is 0.448. The molecule has 0 saturated heterocycles. The maximum absolute atomic E-state index is 13.4. The number of hydrogen-bond donors (Lipinski definition) is 1. The van der Waals surface area contributed by atoms with Crippen LogP contribution in [0.2, 0.25) is 5.02 Å². The molecule has 4 rings (SSSR count). The molecule has 4 aromatic rings. The molecule has 2 aromatic carbocycles. The number of nitrogens with one attached hydrogen (secondary N) is 1. The Labute approximate surface area is 197 Å². The summed E-state index contributed by atoms with van der Waals surface area (Å²) in [4.78, 5) is 26.5. The first-order valence-electron chi connectivity index (χ1n) is 10.8. The van der Waals surface area contributed by atoms with Gasteiger partial charge in [0.05, 0.1) is 33.2 Å². The molecule has 0 radical (unpaired) electrons. The van der Waals surface area contributed by atoms with Gasteiger partial charge in [-0.2, -0.15) is 10.2 Å². The van der Waals surface area contributed by atoms with Crippen molar-refractivity contribution in [1.29, 1.82) is 0 Å². The normalized spacial score (nSPS) is 12.2. The van der Waals surface area contributed by atoms with Crippen molar-refractivity contribution in [3.63, 3.8) is 0 Å². The number of aryl methyl sites for hydroxylation is 4. The second-order valence-corrected chi connectivity index (χ2v) is 8.70. The second-order valence-electron chi connectivity index (χ2n) is 8.29. The number of amides is 1. The summed E-state index contributed by atoms with van der Waals surface area (Å²) >= 11 is 6.28. The lowest BCUT2D eigenvalue weighted by Crippen LogP contribution is -2.35. The molecule has 0 bridgehead atoms. The summed E-state index contributed by atoms with van der Waals surface area (Å²) in [7, 11) is 0. The van der Waals surface area contributed by atoms with E-state index in [1.54, 1.807) is 16.8 Å². The van der Waals surface area contributed by atoms with Crippen LogP contribution in [-0.4, -0.2) is 25.5 Å². The Morgan fingerprint density at radius 3 is 2.33 bits per heavy atom. The van der Waals surface area contributed by atoms with Crippen LogP contribution in [0.15, 0.2) is 47.3 Å². The highest BCUT2D eigenvalue weighted by Crippen LogP contribution is 2.25. The number of benzene rings is 2. The van der Waals surface area contributed by atoms with Crippen molar-refractivity contribution >= 4 is 34.1 Å². The number of carbonyl (C=O) groups excluding carboxylic acids is 1. The van der Waals surface area contributed by atoms with Gasteiger partial charge in [-0.3, -0.25) is 9.59 Å². The van der Waals surface area contributed by atoms with Crippen LogP contribution < -0.4 is 10.9 Å². The van der Waals surface area contributed by atoms with E-state index in [-0.39, 0.29) is 5.91 Å². The summed E-state index contributed by atoms with van der Waals surface area (Å²) in [5.41, 5.74) is 4.84. The van der Waals surface area contributed by atoms with Crippen molar-refractivity contribution in [3.8, 4) is 5.69 Å². The summed E-state index contributed by atoms with van der Waals surface area (Å²) in [6, 6.07) is 12.5. The first-order chi connectivity index (χ1) is 15.7. The van der Waals surface area contributed by atoms with E-state index in [0.29, 0.717) is 33.7 Å². The first-order valence-corrected chi connectivity index (χ1v) is 11.2. The van der Waals surface area contributed by atoms with E-state index in [1.807, 2.05) is 65.0 Å². The number of carbonyl (C=O) groups is 1. The lowest BCUT2D eigenvalue weighted by molar-refractivity contribution is -0.119. The van der Waals surface area contributed by atoms with Crippen LogP contribution >= 0.6 is 11.6 Å². The predicted octanol–water partition coefficient (Wildman–Crippen LogP) is 5.06. The van der Waals surface area contributed by atoms with Crippen LogP contribution in [0.5, 0.6) is 0 Å². The van der Waals surface area contributed by atoms with Gasteiger partial charge >= 0.3 is 0 Å². The molecule has 0 spiro atoms. The predicted molar refractivity (Wildman–Crippen MR) is 131 cm³/mol. The van der Waals surface area contributed by atoms with E-state index in [9.17, 15) is 9.59 Å². The van der Waals surface area contributed by atoms with Gasteiger partial charge in [-0.15, -0.1) is 0 Å². The molecule has 0 aliphatic rings. The molecule has 0 aliphatic heterocycles. The van der Waals surface area contributed by atoms with Gasteiger partial charge in [-0.25, -0.2) is 9.36 Å². The van der Waals surface area contributed by atoms with Crippen molar-refractivity contribution in [2.75, 3.05) is 5.32 Å². The van der Waals surface area contributed by atoms with Gasteiger partial charge in [-0.05, 0) is 63.9 Å². The molecule has 1 unspecified atom stereocenters. The van der Waals surface area contributed by atoms with Crippen LogP contribution in [0.3, 0.4) is 0 Å². The summed E-state index contributed by atoms with van der Waals surface area (Å²) in [5, 5.41) is 13.1. The van der Waals surface area contributed by atoms with Crippen LogP contribution in [0.1, 0.15) is 41.9 Å². The monoisotopic (exact) mass is 463 g/mol. The second kappa shape index (κ2) is 8.83. The van der Waals surface area contributed by atoms with Crippen molar-refractivity contribution in [2.24, 2.45) is 0 Å². The molecule has 0 aliphatic carbocycles. The fraction of sp³-hybridized carbons (Fsp3) is 0.280. The van der Waals surface area contributed by atoms with Gasteiger partial charge in [0.15, 0.2) is 5.52 Å². The maximum atomic E-state index is 13.4. The number of hydrogen-bond acceptors (Lipinski definition) is 4. The van der Waals surface area contributed by atoms with Crippen LogP contribution in [0.25, 0.3) is 16.6 Å². The zero-order valence-electron chi connectivity index (χ0n) is 19.3. The third-order valence-electron chi connectivity index (χ3n) is 5.79. The fourth-order valence-electron chi connectivity index (χ4n) is 4.01. The largest absolute Gasteiger partial charge is 0.323 e. The minimum Gasteiger partial charge on any atom is -0.323 e. The zero-order valence-corrected chi connectivity index (χ0v) is 20.1. The van der Waals surface area contributed by atoms with Gasteiger partial charge in [0.2, 0.25) is 5.91 Å². The topological polar surface area (TPSA) is 81.8 Å². The molecule has 33 heavy (non-hydrogen) atoms. The molecule has 1 atom stereocenters. The van der Waals surface area contributed by atoms with Crippen molar-refractivity contribution in [2.45, 2.75) is 47.1 Å². The summed E-state index contributed by atoms with van der Waals surface area (Å²) in [5.74, 6) is -0.355. The molecule has 0 fully saturated rings. The Hall–Kier alpha value is -3.45. The number of anilines is 1. The van der Waals surface area contributed by atoms with E-state index in [4.69, 9.17) is 11.6 Å². The molecule has 7 nitrogen and oxygen atoms in total. The molecule has 2 aromatic heterocycles. The molecule has 0 saturated carbocycles. The summed E-state index contributed by atoms with van der Waals surface area (Å²) in [6.45, 7) is 9.52. The average Bonchev–Trinajstić information content (AvgIpc) is 3.12. The Bertz CT molecular complexity index is 1420. The van der Waals surface area contributed by atoms with E-state index in [0.717, 1.165) is 22.5 Å². The fourth-order valence-corrected chi connectivity index (χ4v) is 4.29. The van der Waals surface area contributed by atoms with Gasteiger partial charge < -0.3 is 5.32 Å². The lowest BCUT2D eigenvalue weighted by Gasteiger charge is -2.18. The van der Waals surface area contributed by atoms with E-state index >= 15 is 0 Å². The number of halogens is 1. The summed E-state index contributed by atoms with van der Waals surface area (Å²) in [6.07, 6.45) is 0.380. The van der Waals surface area contributed by atoms with Crippen LogP contribution in [0.4, 0.5) is 5.69 Å². The third kappa shape index (κ3) is 4.16. The Morgan fingerprint density at radius 1 is 1.03 bits per heavy atom. The van der Waals surface area contributed by atoms with Crippen LogP contribution in [0, 0.1) is 27.7 Å². The first kappa shape index (κ1) is 22.7. The van der Waals surface area contributed by atoms with E-state index in [1.165, 1.54) is 4.68 Å². The van der Waals surface area contributed by atoms with Crippen molar-refractivity contribution in [1.82, 2.24) is 19.6 Å². The number of nitrogens with zero attached hydrogens (tertiary/aromatic N) is 4. The molecule has 1 N–H and O–H groups in total. The Kier molecular flexibility index (Phi) is 6.08. The van der Waals surface area contributed by atoms with Gasteiger partial charge in [0.1, 0.15) is 6.04 Å². The third-order valence-corrected chi connectivity index (χ3v) is 6.10. The van der Waals surface area contributed by atoms with Gasteiger partial charge in [-0.1, -0.05) is 42.3 Å². The zero-order chi connectivity index (χ0) is 23.9. The smallest absolute Gasteiger partial charge is 0.295 e. The highest BCUT2D eigenvalue weighted by molar-refractivity contribution is 6.33. The molecule has 8 heteroatoms. The van der Waals surface area contributed by atoms with Gasteiger partial charge in [0, 0.05) is 0 Å². The maximum Gasteiger partial charge on any atom is 0.295 e. The van der Waals surface area contributed by atoms with E-state index in [2.05, 4.69) is 15.5 Å². The van der Waals surface area contributed by atoms with Crippen molar-refractivity contribution in [3.05, 3.63) is 80.4 Å². The molecular formula is C25H26ClN5O2. The molecule has 170 valence electrons. The highest BCUT2D eigenvalue weighted by atomic mass is 35.5. The Morgan fingerprint density at radius 2 is 1.70 bits per heavy atom. The SMILES string of the molecule is CCC(C(=O)Nc1ccc(C)cc1Cl)n1nc(C)c2c(C)n(-c3ccc(C)cc3)nc2c1=O. The minimum absolute atomic E-state index is 0.292. The highest BCUT2D eigenvalue weighted by Gasteiger charge is 2.25. The van der Waals surface area contributed by atoms with E-state index < -0.39 is 11.6 Å². The van der Waals surface area contributed by atoms with Crippen LogP contribution in [-0.2, 0) is 4.79 Å². The molecule has 1 amide bonds. The lowest BCUT2D eigenvalue weighted by atomic mass is 10.1. The standard InChI is InChI=1S/C25H26ClN5O2/c1-6-21(24(32)27-20-12-9-15(3)13-19(20)26)31-25(33)23-22(16(4)28-31)17(5)30(29-23)18-10-7-14(2)8-11-18/h7-13,21H,6H2,1-5H3,(H,27,32). The average molecular weight is 464 g/mol. The number of fused-ring (bicyclic) bond motifs is 1. The Balaban J connectivity index is 1.78. The molecular weight excluding hydrogens is 438 g/mol. The molecule has 2 heterocycles. The number of rotatable bonds is 5. The minimum atomic E-state index is -0.803.